The van der Waals surface area contributed by atoms with Crippen molar-refractivity contribution in [3.63, 3.8) is 0 Å². The number of rotatable bonds is 5. The van der Waals surface area contributed by atoms with Crippen molar-refractivity contribution in [2.45, 2.75) is 13.5 Å². The van der Waals surface area contributed by atoms with Gasteiger partial charge in [-0.25, -0.2) is 0 Å². The maximum Gasteiger partial charge on any atom is 0.310 e. The Morgan fingerprint density at radius 1 is 1.47 bits per heavy atom. The van der Waals surface area contributed by atoms with E-state index in [1.165, 1.54) is 18.2 Å². The highest BCUT2D eigenvalue weighted by Crippen LogP contribution is 2.28. The van der Waals surface area contributed by atoms with E-state index in [1.54, 1.807) is 13.0 Å². The number of aryl methyl sites for hydroxylation is 1. The summed E-state index contributed by atoms with van der Waals surface area (Å²) in [4.78, 5) is 20.9. The van der Waals surface area contributed by atoms with E-state index in [9.17, 15) is 14.9 Å². The molecule has 2 aromatic rings. The van der Waals surface area contributed by atoms with Crippen LogP contribution in [0, 0.1) is 17.0 Å². The van der Waals surface area contributed by atoms with Crippen LogP contribution in [0.3, 0.4) is 0 Å². The van der Waals surface area contributed by atoms with E-state index in [0.29, 0.717) is 23.3 Å². The third-order valence-electron chi connectivity index (χ3n) is 2.37. The molecule has 7 heteroatoms. The predicted molar refractivity (Wildman–Crippen MR) is 64.1 cm³/mol. The molecule has 98 valence electrons. The molecule has 0 saturated carbocycles. The van der Waals surface area contributed by atoms with Gasteiger partial charge >= 0.3 is 5.69 Å². The first-order valence-electron chi connectivity index (χ1n) is 5.39. The number of carbonyl (C=O) groups is 1. The topological polar surface area (TPSA) is 95.5 Å². The minimum absolute atomic E-state index is 0.0234. The first kappa shape index (κ1) is 12.7. The zero-order valence-corrected chi connectivity index (χ0v) is 10.0. The number of aromatic nitrogens is 1. The van der Waals surface area contributed by atoms with Crippen molar-refractivity contribution in [3.8, 4) is 5.75 Å². The average Bonchev–Trinajstić information content (AvgIpc) is 2.81. The number of nitrogens with zero attached hydrogens (tertiary/aromatic N) is 2. The summed E-state index contributed by atoms with van der Waals surface area (Å²) >= 11 is 0. The summed E-state index contributed by atoms with van der Waals surface area (Å²) in [6, 6.07) is 5.57. The van der Waals surface area contributed by atoms with Gasteiger partial charge in [0, 0.05) is 17.7 Å². The molecule has 0 fully saturated rings. The smallest absolute Gasteiger partial charge is 0.310 e. The molecule has 7 nitrogen and oxygen atoms in total. The number of benzene rings is 1. The number of aldehydes is 1. The highest BCUT2D eigenvalue weighted by Gasteiger charge is 2.16. The Hall–Kier alpha value is -2.70. The average molecular weight is 262 g/mol. The van der Waals surface area contributed by atoms with Crippen molar-refractivity contribution in [1.82, 2.24) is 5.16 Å². The fraction of sp³-hybridized carbons (Fsp3) is 0.167. The van der Waals surface area contributed by atoms with Crippen LogP contribution in [0.5, 0.6) is 5.75 Å². The molecular formula is C12H10N2O5. The van der Waals surface area contributed by atoms with E-state index in [0.717, 1.165) is 0 Å². The highest BCUT2D eigenvalue weighted by atomic mass is 16.6. The molecule has 2 rings (SSSR count). The first-order chi connectivity index (χ1) is 9.10. The molecule has 0 amide bonds. The van der Waals surface area contributed by atoms with Crippen LogP contribution in [0.4, 0.5) is 5.69 Å². The van der Waals surface area contributed by atoms with Gasteiger partial charge < -0.3 is 9.26 Å². The quantitative estimate of drug-likeness (QED) is 0.466. The van der Waals surface area contributed by atoms with Crippen LogP contribution in [0.15, 0.2) is 28.8 Å². The van der Waals surface area contributed by atoms with Crippen LogP contribution in [-0.2, 0) is 6.61 Å². The van der Waals surface area contributed by atoms with Gasteiger partial charge in [0.1, 0.15) is 24.3 Å². The summed E-state index contributed by atoms with van der Waals surface area (Å²) in [7, 11) is 0. The van der Waals surface area contributed by atoms with Gasteiger partial charge in [0.2, 0.25) is 0 Å². The van der Waals surface area contributed by atoms with E-state index in [2.05, 4.69) is 5.16 Å². The van der Waals surface area contributed by atoms with Crippen molar-refractivity contribution in [3.05, 3.63) is 51.4 Å². The van der Waals surface area contributed by atoms with Gasteiger partial charge in [0.15, 0.2) is 5.75 Å². The number of ether oxygens (including phenoxy) is 1. The van der Waals surface area contributed by atoms with Gasteiger partial charge in [0.25, 0.3) is 0 Å². The number of carbonyl (C=O) groups excluding carboxylic acids is 1. The molecule has 0 aliphatic heterocycles. The molecule has 0 N–H and O–H groups in total. The number of nitro benzene ring substituents is 1. The van der Waals surface area contributed by atoms with Crippen LogP contribution in [0.1, 0.15) is 21.8 Å². The summed E-state index contributed by atoms with van der Waals surface area (Å²) in [5.41, 5.74) is 0.617. The Morgan fingerprint density at radius 3 is 2.84 bits per heavy atom. The lowest BCUT2D eigenvalue weighted by molar-refractivity contribution is -0.385. The Kier molecular flexibility index (Phi) is 3.56. The minimum atomic E-state index is -0.571. The number of hydrogen-bond acceptors (Lipinski definition) is 6. The lowest BCUT2D eigenvalue weighted by Crippen LogP contribution is -2.00. The van der Waals surface area contributed by atoms with E-state index < -0.39 is 4.92 Å². The third-order valence-corrected chi connectivity index (χ3v) is 2.37. The molecule has 0 unspecified atom stereocenters. The van der Waals surface area contributed by atoms with Gasteiger partial charge in [-0.3, -0.25) is 14.9 Å². The lowest BCUT2D eigenvalue weighted by atomic mass is 10.2. The van der Waals surface area contributed by atoms with Crippen molar-refractivity contribution in [2.75, 3.05) is 0 Å². The van der Waals surface area contributed by atoms with Crippen molar-refractivity contribution < 1.29 is 19.0 Å². The lowest BCUT2D eigenvalue weighted by Gasteiger charge is -2.05. The monoisotopic (exact) mass is 262 g/mol. The standard InChI is InChI=1S/C12H10N2O5/c1-8-4-10(13-19-8)7-18-12-5-9(6-15)2-3-11(12)14(16)17/h2-6H,7H2,1H3. The molecule has 1 aromatic heterocycles. The van der Waals surface area contributed by atoms with Crippen molar-refractivity contribution in [2.24, 2.45) is 0 Å². The predicted octanol–water partition coefficient (Wildman–Crippen LogP) is 2.28. The third kappa shape index (κ3) is 2.95. The summed E-state index contributed by atoms with van der Waals surface area (Å²) in [5.74, 6) is 0.644. The van der Waals surface area contributed by atoms with Gasteiger partial charge in [-0.05, 0) is 19.1 Å². The zero-order valence-electron chi connectivity index (χ0n) is 10.0. The fourth-order valence-corrected chi connectivity index (χ4v) is 1.51. The highest BCUT2D eigenvalue weighted by molar-refractivity contribution is 5.76. The molecular weight excluding hydrogens is 252 g/mol. The summed E-state index contributed by atoms with van der Waals surface area (Å²) in [6.07, 6.45) is 0.594. The molecule has 1 aromatic carbocycles. The van der Waals surface area contributed by atoms with Crippen LogP contribution >= 0.6 is 0 Å². The van der Waals surface area contributed by atoms with E-state index in [1.807, 2.05) is 0 Å². The minimum Gasteiger partial charge on any atom is -0.480 e. The van der Waals surface area contributed by atoms with Gasteiger partial charge in [-0.15, -0.1) is 0 Å². The molecule has 0 saturated heterocycles. The fourth-order valence-electron chi connectivity index (χ4n) is 1.51. The molecule has 0 spiro atoms. The molecule has 0 aliphatic rings. The Bertz CT molecular complexity index is 620. The van der Waals surface area contributed by atoms with Crippen molar-refractivity contribution in [1.29, 1.82) is 0 Å². The maximum absolute atomic E-state index is 10.8. The maximum atomic E-state index is 10.8. The molecule has 0 aliphatic carbocycles. The Morgan fingerprint density at radius 2 is 2.26 bits per heavy atom. The molecule has 0 bridgehead atoms. The number of nitro groups is 1. The molecule has 19 heavy (non-hydrogen) atoms. The SMILES string of the molecule is Cc1cc(COc2cc(C=O)ccc2[N+](=O)[O-])no1. The summed E-state index contributed by atoms with van der Waals surface area (Å²) in [6.45, 7) is 1.76. The van der Waals surface area contributed by atoms with E-state index in [4.69, 9.17) is 9.26 Å². The first-order valence-corrected chi connectivity index (χ1v) is 5.39. The summed E-state index contributed by atoms with van der Waals surface area (Å²) < 4.78 is 10.2. The van der Waals surface area contributed by atoms with E-state index in [-0.39, 0.29) is 18.0 Å². The van der Waals surface area contributed by atoms with Gasteiger partial charge in [-0.1, -0.05) is 5.16 Å². The van der Waals surface area contributed by atoms with Crippen LogP contribution in [0.2, 0.25) is 0 Å². The Balaban J connectivity index is 2.22. The molecule has 1 heterocycles. The van der Waals surface area contributed by atoms with Crippen LogP contribution in [0.25, 0.3) is 0 Å². The van der Waals surface area contributed by atoms with Crippen molar-refractivity contribution >= 4 is 12.0 Å². The van der Waals surface area contributed by atoms with Crippen LogP contribution in [-0.4, -0.2) is 16.4 Å². The second-order valence-corrected chi connectivity index (χ2v) is 3.82. The van der Waals surface area contributed by atoms with E-state index >= 15 is 0 Å². The molecule has 0 atom stereocenters. The summed E-state index contributed by atoms with van der Waals surface area (Å²) in [5, 5.41) is 14.5. The molecule has 0 radical (unpaired) electrons. The second-order valence-electron chi connectivity index (χ2n) is 3.82. The van der Waals surface area contributed by atoms with Gasteiger partial charge in [-0.2, -0.15) is 0 Å². The Labute approximate surface area is 107 Å². The number of hydrogen-bond donors (Lipinski definition) is 0. The normalized spacial score (nSPS) is 10.2. The largest absolute Gasteiger partial charge is 0.480 e. The van der Waals surface area contributed by atoms with Gasteiger partial charge in [0.05, 0.1) is 4.92 Å². The van der Waals surface area contributed by atoms with Crippen LogP contribution < -0.4 is 4.74 Å². The second kappa shape index (κ2) is 5.30. The zero-order chi connectivity index (χ0) is 13.8.